The van der Waals surface area contributed by atoms with Crippen molar-refractivity contribution >= 4 is 23.2 Å². The molecule has 140 valence electrons. The van der Waals surface area contributed by atoms with E-state index in [4.69, 9.17) is 25.5 Å². The average molecular weight is 394 g/mol. The summed E-state index contributed by atoms with van der Waals surface area (Å²) in [5, 5.41) is 12.5. The number of aliphatic hydroxyl groups excluding tert-OH is 1. The Morgan fingerprint density at radius 2 is 1.61 bits per heavy atom. The molecule has 0 saturated carbocycles. The second kappa shape index (κ2) is 7.76. The number of rotatable bonds is 5. The van der Waals surface area contributed by atoms with Crippen LogP contribution in [0.2, 0.25) is 5.02 Å². The third kappa shape index (κ3) is 3.86. The van der Waals surface area contributed by atoms with Gasteiger partial charge in [-0.2, -0.15) is 0 Å². The van der Waals surface area contributed by atoms with Crippen molar-refractivity contribution in [1.29, 1.82) is 0 Å². The molecule has 0 bridgehead atoms. The van der Waals surface area contributed by atoms with Crippen molar-refractivity contribution in [2.45, 2.75) is 6.61 Å². The van der Waals surface area contributed by atoms with E-state index in [0.717, 1.165) is 11.1 Å². The first-order chi connectivity index (χ1) is 13.6. The van der Waals surface area contributed by atoms with Gasteiger partial charge in [-0.3, -0.25) is 4.79 Å². The molecule has 28 heavy (non-hydrogen) atoms. The molecule has 0 radical (unpaired) electrons. The first kappa shape index (κ1) is 18.1. The van der Waals surface area contributed by atoms with Crippen LogP contribution in [0.25, 0.3) is 22.6 Å². The highest BCUT2D eigenvalue weighted by Gasteiger charge is 2.13. The lowest BCUT2D eigenvalue weighted by atomic mass is 10.1. The predicted octanol–water partition coefficient (Wildman–Crippen LogP) is 5.60. The van der Waals surface area contributed by atoms with Crippen molar-refractivity contribution in [2.75, 3.05) is 5.32 Å². The Hall–Kier alpha value is -3.28. The first-order valence-electron chi connectivity index (χ1n) is 8.59. The van der Waals surface area contributed by atoms with Gasteiger partial charge < -0.3 is 19.3 Å². The van der Waals surface area contributed by atoms with Gasteiger partial charge in [0.2, 0.25) is 0 Å². The highest BCUT2D eigenvalue weighted by atomic mass is 35.5. The van der Waals surface area contributed by atoms with Gasteiger partial charge in [0, 0.05) is 21.8 Å². The maximum absolute atomic E-state index is 12.5. The summed E-state index contributed by atoms with van der Waals surface area (Å²) in [5.41, 5.74) is 2.19. The van der Waals surface area contributed by atoms with Crippen molar-refractivity contribution in [3.63, 3.8) is 0 Å². The van der Waals surface area contributed by atoms with Gasteiger partial charge in [0.15, 0.2) is 5.76 Å². The lowest BCUT2D eigenvalue weighted by Gasteiger charge is -2.05. The standard InChI is InChI=1S/C22H16ClNO4/c23-16-5-1-3-14(11-16)20-9-10-21(28-20)22(26)24-17-6-2-4-15(12-17)19-8-7-18(13-25)27-19/h1-12,25H,13H2,(H,24,26). The van der Waals surface area contributed by atoms with Crippen molar-refractivity contribution in [3.05, 3.63) is 89.3 Å². The summed E-state index contributed by atoms with van der Waals surface area (Å²) in [5.74, 6) is 1.49. The molecule has 0 unspecified atom stereocenters. The monoisotopic (exact) mass is 393 g/mol. The second-order valence-corrected chi connectivity index (χ2v) is 6.57. The Morgan fingerprint density at radius 1 is 0.893 bits per heavy atom. The van der Waals surface area contributed by atoms with Gasteiger partial charge in [0.25, 0.3) is 5.91 Å². The zero-order chi connectivity index (χ0) is 19.5. The summed E-state index contributed by atoms with van der Waals surface area (Å²) < 4.78 is 11.2. The summed E-state index contributed by atoms with van der Waals surface area (Å²) in [6, 6.07) is 21.3. The predicted molar refractivity (Wildman–Crippen MR) is 107 cm³/mol. The van der Waals surface area contributed by atoms with E-state index < -0.39 is 0 Å². The maximum atomic E-state index is 12.5. The van der Waals surface area contributed by atoms with Gasteiger partial charge in [-0.05, 0) is 48.5 Å². The van der Waals surface area contributed by atoms with Gasteiger partial charge in [-0.15, -0.1) is 0 Å². The largest absolute Gasteiger partial charge is 0.459 e. The molecule has 4 rings (SSSR count). The third-order valence-corrected chi connectivity index (χ3v) is 4.40. The number of hydrogen-bond donors (Lipinski definition) is 2. The van der Waals surface area contributed by atoms with Crippen LogP contribution in [0.1, 0.15) is 16.3 Å². The minimum absolute atomic E-state index is 0.163. The van der Waals surface area contributed by atoms with E-state index in [1.807, 2.05) is 24.3 Å². The van der Waals surface area contributed by atoms with Gasteiger partial charge in [-0.1, -0.05) is 35.9 Å². The summed E-state index contributed by atoms with van der Waals surface area (Å²) in [6.45, 7) is -0.163. The number of nitrogens with one attached hydrogen (secondary N) is 1. The van der Waals surface area contributed by atoms with E-state index in [2.05, 4.69) is 5.32 Å². The van der Waals surface area contributed by atoms with Crippen LogP contribution in [-0.4, -0.2) is 11.0 Å². The van der Waals surface area contributed by atoms with Crippen LogP contribution in [-0.2, 0) is 6.61 Å². The number of carbonyl (C=O) groups excluding carboxylic acids is 1. The Bertz CT molecular complexity index is 1130. The molecule has 1 amide bonds. The van der Waals surface area contributed by atoms with Gasteiger partial charge in [0.05, 0.1) is 0 Å². The SMILES string of the molecule is O=C(Nc1cccc(-c2ccc(CO)o2)c1)c1ccc(-c2cccc(Cl)c2)o1. The molecular weight excluding hydrogens is 378 g/mol. The van der Waals surface area contributed by atoms with Gasteiger partial charge >= 0.3 is 0 Å². The number of benzene rings is 2. The van der Waals surface area contributed by atoms with Gasteiger partial charge in [0.1, 0.15) is 23.9 Å². The number of furan rings is 2. The van der Waals surface area contributed by atoms with E-state index in [0.29, 0.717) is 28.0 Å². The first-order valence-corrected chi connectivity index (χ1v) is 8.97. The topological polar surface area (TPSA) is 75.6 Å². The van der Waals surface area contributed by atoms with Crippen LogP contribution in [0.5, 0.6) is 0 Å². The molecular formula is C22H16ClNO4. The molecule has 0 fully saturated rings. The molecule has 2 heterocycles. The molecule has 0 aliphatic rings. The minimum Gasteiger partial charge on any atom is -0.459 e. The lowest BCUT2D eigenvalue weighted by Crippen LogP contribution is -2.10. The molecule has 0 atom stereocenters. The Labute approximate surface area is 166 Å². The fourth-order valence-corrected chi connectivity index (χ4v) is 3.01. The Kier molecular flexibility index (Phi) is 5.02. The molecule has 0 aliphatic heterocycles. The lowest BCUT2D eigenvalue weighted by molar-refractivity contribution is 0.0997. The molecule has 2 aromatic heterocycles. The number of amides is 1. The number of anilines is 1. The fourth-order valence-electron chi connectivity index (χ4n) is 2.82. The molecule has 2 aromatic carbocycles. The van der Waals surface area contributed by atoms with Crippen molar-refractivity contribution < 1.29 is 18.7 Å². The normalized spacial score (nSPS) is 10.8. The summed E-state index contributed by atoms with van der Waals surface area (Å²) in [6.07, 6.45) is 0. The number of aliphatic hydroxyl groups is 1. The highest BCUT2D eigenvalue weighted by molar-refractivity contribution is 6.30. The minimum atomic E-state index is -0.360. The second-order valence-electron chi connectivity index (χ2n) is 6.13. The average Bonchev–Trinajstić information content (AvgIpc) is 3.38. The van der Waals surface area contributed by atoms with Crippen LogP contribution in [0.3, 0.4) is 0 Å². The zero-order valence-corrected chi connectivity index (χ0v) is 15.4. The molecule has 2 N–H and O–H groups in total. The van der Waals surface area contributed by atoms with E-state index in [-0.39, 0.29) is 18.3 Å². The number of carbonyl (C=O) groups is 1. The van der Waals surface area contributed by atoms with Crippen LogP contribution in [0.4, 0.5) is 5.69 Å². The van der Waals surface area contributed by atoms with Crippen LogP contribution < -0.4 is 5.32 Å². The van der Waals surface area contributed by atoms with Crippen LogP contribution >= 0.6 is 11.6 Å². The molecule has 0 spiro atoms. The van der Waals surface area contributed by atoms with Crippen molar-refractivity contribution in [1.82, 2.24) is 0 Å². The molecule has 0 aliphatic carbocycles. The molecule has 4 aromatic rings. The summed E-state index contributed by atoms with van der Waals surface area (Å²) >= 11 is 6.01. The molecule has 6 heteroatoms. The van der Waals surface area contributed by atoms with E-state index in [1.165, 1.54) is 0 Å². The van der Waals surface area contributed by atoms with E-state index in [9.17, 15) is 4.79 Å². The summed E-state index contributed by atoms with van der Waals surface area (Å²) in [7, 11) is 0. The maximum Gasteiger partial charge on any atom is 0.291 e. The van der Waals surface area contributed by atoms with Crippen LogP contribution in [0, 0.1) is 0 Å². The van der Waals surface area contributed by atoms with Gasteiger partial charge in [-0.25, -0.2) is 0 Å². The third-order valence-electron chi connectivity index (χ3n) is 4.16. The van der Waals surface area contributed by atoms with Crippen molar-refractivity contribution in [2.24, 2.45) is 0 Å². The quantitative estimate of drug-likeness (QED) is 0.462. The van der Waals surface area contributed by atoms with Crippen molar-refractivity contribution in [3.8, 4) is 22.6 Å². The number of hydrogen-bond acceptors (Lipinski definition) is 4. The molecule has 0 saturated heterocycles. The van der Waals surface area contributed by atoms with E-state index in [1.54, 1.807) is 48.5 Å². The Balaban J connectivity index is 1.52. The smallest absolute Gasteiger partial charge is 0.291 e. The highest BCUT2D eigenvalue weighted by Crippen LogP contribution is 2.27. The molecule has 5 nitrogen and oxygen atoms in total. The van der Waals surface area contributed by atoms with Crippen LogP contribution in [0.15, 0.2) is 81.6 Å². The fraction of sp³-hybridized carbons (Fsp3) is 0.0455. The Morgan fingerprint density at radius 3 is 2.36 bits per heavy atom. The number of halogens is 1. The zero-order valence-electron chi connectivity index (χ0n) is 14.7. The van der Waals surface area contributed by atoms with E-state index >= 15 is 0 Å². The summed E-state index contributed by atoms with van der Waals surface area (Å²) in [4.78, 5) is 12.5.